The lowest BCUT2D eigenvalue weighted by Gasteiger charge is -2.14. The van der Waals surface area contributed by atoms with Crippen molar-refractivity contribution in [2.24, 2.45) is 0 Å². The topological polar surface area (TPSA) is 74.2 Å². The first-order chi connectivity index (χ1) is 10.9. The predicted octanol–water partition coefficient (Wildman–Crippen LogP) is 2.77. The Labute approximate surface area is 140 Å². The van der Waals surface area contributed by atoms with Crippen LogP contribution >= 0.6 is 11.3 Å². The summed E-state index contributed by atoms with van der Waals surface area (Å²) in [6, 6.07) is 7.30. The Bertz CT molecular complexity index is 662. The minimum atomic E-state index is -0.188. The molecule has 1 aromatic heterocycles. The van der Waals surface area contributed by atoms with Crippen LogP contribution in [0.5, 0.6) is 0 Å². The second-order valence-electron chi connectivity index (χ2n) is 6.29. The van der Waals surface area contributed by atoms with Gasteiger partial charge in [-0.2, -0.15) is 0 Å². The van der Waals surface area contributed by atoms with Crippen molar-refractivity contribution < 1.29 is 9.90 Å². The molecule has 3 N–H and O–H groups in total. The van der Waals surface area contributed by atoms with Crippen molar-refractivity contribution in [1.29, 1.82) is 0 Å². The second kappa shape index (κ2) is 7.57. The van der Waals surface area contributed by atoms with Gasteiger partial charge in [0.05, 0.1) is 18.8 Å². The summed E-state index contributed by atoms with van der Waals surface area (Å²) in [6.07, 6.45) is 0. The number of amides is 1. The van der Waals surface area contributed by atoms with E-state index >= 15 is 0 Å². The molecule has 0 atom stereocenters. The van der Waals surface area contributed by atoms with E-state index in [2.05, 4.69) is 41.8 Å². The van der Waals surface area contributed by atoms with E-state index in [0.717, 1.165) is 16.4 Å². The van der Waals surface area contributed by atoms with Gasteiger partial charge in [-0.1, -0.05) is 26.8 Å². The number of hydrogen-bond acceptors (Lipinski definition) is 5. The van der Waals surface area contributed by atoms with Crippen LogP contribution in [-0.4, -0.2) is 29.1 Å². The zero-order chi connectivity index (χ0) is 16.9. The van der Waals surface area contributed by atoms with Gasteiger partial charge in [0.15, 0.2) is 0 Å². The first-order valence-electron chi connectivity index (χ1n) is 7.58. The summed E-state index contributed by atoms with van der Waals surface area (Å²) >= 11 is 1.64. The number of carbonyl (C=O) groups is 1. The molecule has 6 heteroatoms. The lowest BCUT2D eigenvalue weighted by atomic mass is 9.93. The Hall–Kier alpha value is -1.92. The highest BCUT2D eigenvalue weighted by atomic mass is 32.1. The van der Waals surface area contributed by atoms with Crippen LogP contribution in [0.4, 0.5) is 5.69 Å². The van der Waals surface area contributed by atoms with Gasteiger partial charge in [0, 0.05) is 28.6 Å². The van der Waals surface area contributed by atoms with E-state index in [9.17, 15) is 4.79 Å². The fraction of sp³-hybridized carbons (Fsp3) is 0.412. The van der Waals surface area contributed by atoms with Gasteiger partial charge >= 0.3 is 0 Å². The number of aliphatic hydroxyl groups excluding tert-OH is 1. The normalized spacial score (nSPS) is 11.3. The fourth-order valence-electron chi connectivity index (χ4n) is 1.96. The van der Waals surface area contributed by atoms with Crippen molar-refractivity contribution in [2.45, 2.75) is 32.7 Å². The third kappa shape index (κ3) is 5.04. The van der Waals surface area contributed by atoms with Gasteiger partial charge in [0.1, 0.15) is 5.01 Å². The van der Waals surface area contributed by atoms with Crippen LogP contribution in [0.1, 0.15) is 41.8 Å². The van der Waals surface area contributed by atoms with Crippen molar-refractivity contribution in [3.63, 3.8) is 0 Å². The molecule has 0 fully saturated rings. The highest BCUT2D eigenvalue weighted by molar-refractivity contribution is 7.09. The fourth-order valence-corrected chi connectivity index (χ4v) is 2.92. The van der Waals surface area contributed by atoms with Gasteiger partial charge in [-0.05, 0) is 18.2 Å². The van der Waals surface area contributed by atoms with Crippen LogP contribution in [0.25, 0.3) is 0 Å². The Kier molecular flexibility index (Phi) is 5.74. The molecule has 0 radical (unpaired) electrons. The van der Waals surface area contributed by atoms with Crippen molar-refractivity contribution in [1.82, 2.24) is 10.3 Å². The minimum absolute atomic E-state index is 0.0550. The van der Waals surface area contributed by atoms with E-state index in [1.54, 1.807) is 23.5 Å². The SMILES string of the molecule is CC(C)(C)c1csc(CNc2cccc(C(=O)NCCO)c2)n1. The number of aromatic nitrogens is 1. The van der Waals surface area contributed by atoms with Gasteiger partial charge in [0.25, 0.3) is 5.91 Å². The van der Waals surface area contributed by atoms with E-state index < -0.39 is 0 Å². The number of aliphatic hydroxyl groups is 1. The lowest BCUT2D eigenvalue weighted by Crippen LogP contribution is -2.26. The monoisotopic (exact) mass is 333 g/mol. The molecular formula is C17H23N3O2S. The maximum Gasteiger partial charge on any atom is 0.251 e. The van der Waals surface area contributed by atoms with Crippen LogP contribution < -0.4 is 10.6 Å². The van der Waals surface area contributed by atoms with Crippen LogP contribution in [0.15, 0.2) is 29.6 Å². The minimum Gasteiger partial charge on any atom is -0.395 e. The van der Waals surface area contributed by atoms with E-state index in [4.69, 9.17) is 5.11 Å². The number of carbonyl (C=O) groups excluding carboxylic acids is 1. The van der Waals surface area contributed by atoms with E-state index in [1.807, 2.05) is 12.1 Å². The molecule has 0 aliphatic rings. The molecule has 1 heterocycles. The summed E-state index contributed by atoms with van der Waals surface area (Å²) in [4.78, 5) is 16.5. The molecule has 2 rings (SSSR count). The molecule has 0 spiro atoms. The number of thiazole rings is 1. The molecule has 2 aromatic rings. The number of rotatable bonds is 6. The Morgan fingerprint density at radius 2 is 2.13 bits per heavy atom. The average molecular weight is 333 g/mol. The number of nitrogens with zero attached hydrogens (tertiary/aromatic N) is 1. The highest BCUT2D eigenvalue weighted by Gasteiger charge is 2.17. The number of anilines is 1. The van der Waals surface area contributed by atoms with Crippen molar-refractivity contribution in [2.75, 3.05) is 18.5 Å². The maximum atomic E-state index is 11.9. The van der Waals surface area contributed by atoms with Crippen molar-refractivity contribution in [3.05, 3.63) is 45.9 Å². The zero-order valence-electron chi connectivity index (χ0n) is 13.7. The molecule has 0 bridgehead atoms. The highest BCUT2D eigenvalue weighted by Crippen LogP contribution is 2.24. The molecule has 0 saturated heterocycles. The van der Waals surface area contributed by atoms with Gasteiger partial charge < -0.3 is 15.7 Å². The van der Waals surface area contributed by atoms with Crippen LogP contribution in [-0.2, 0) is 12.0 Å². The molecule has 0 aliphatic carbocycles. The number of hydrogen-bond donors (Lipinski definition) is 3. The molecule has 0 saturated carbocycles. The Balaban J connectivity index is 1.98. The van der Waals surface area contributed by atoms with Crippen molar-refractivity contribution >= 4 is 22.9 Å². The molecule has 5 nitrogen and oxygen atoms in total. The van der Waals surface area contributed by atoms with E-state index in [1.165, 1.54) is 0 Å². The molecule has 124 valence electrons. The van der Waals surface area contributed by atoms with E-state index in [-0.39, 0.29) is 24.5 Å². The van der Waals surface area contributed by atoms with Gasteiger partial charge in [0.2, 0.25) is 0 Å². The van der Waals surface area contributed by atoms with E-state index in [0.29, 0.717) is 12.1 Å². The molecule has 1 aromatic carbocycles. The lowest BCUT2D eigenvalue weighted by molar-refractivity contribution is 0.0945. The van der Waals surface area contributed by atoms with Gasteiger partial charge in [-0.3, -0.25) is 4.79 Å². The van der Waals surface area contributed by atoms with Crippen molar-refractivity contribution in [3.8, 4) is 0 Å². The molecular weight excluding hydrogens is 310 g/mol. The Morgan fingerprint density at radius 3 is 2.78 bits per heavy atom. The van der Waals surface area contributed by atoms with Crippen LogP contribution in [0.3, 0.4) is 0 Å². The van der Waals surface area contributed by atoms with Crippen LogP contribution in [0, 0.1) is 0 Å². The van der Waals surface area contributed by atoms with Gasteiger partial charge in [-0.25, -0.2) is 4.98 Å². The summed E-state index contributed by atoms with van der Waals surface area (Å²) in [5.74, 6) is -0.188. The summed E-state index contributed by atoms with van der Waals surface area (Å²) in [5, 5.41) is 17.8. The molecule has 0 unspecified atom stereocenters. The summed E-state index contributed by atoms with van der Waals surface area (Å²) in [6.45, 7) is 7.26. The predicted molar refractivity (Wildman–Crippen MR) is 94.0 cm³/mol. The largest absolute Gasteiger partial charge is 0.395 e. The number of nitrogens with one attached hydrogen (secondary N) is 2. The summed E-state index contributed by atoms with van der Waals surface area (Å²) in [5.41, 5.74) is 2.59. The number of benzene rings is 1. The molecule has 23 heavy (non-hydrogen) atoms. The Morgan fingerprint density at radius 1 is 1.35 bits per heavy atom. The second-order valence-corrected chi connectivity index (χ2v) is 7.23. The standard InChI is InChI=1S/C17H23N3O2S/c1-17(2,3)14-11-23-15(20-14)10-19-13-6-4-5-12(9-13)16(22)18-7-8-21/h4-6,9,11,19,21H,7-8,10H2,1-3H3,(H,18,22). The smallest absolute Gasteiger partial charge is 0.251 e. The summed E-state index contributed by atoms with van der Waals surface area (Å²) < 4.78 is 0. The first kappa shape index (κ1) is 17.4. The average Bonchev–Trinajstić information content (AvgIpc) is 3.00. The third-order valence-corrected chi connectivity index (χ3v) is 4.13. The molecule has 0 aliphatic heterocycles. The zero-order valence-corrected chi connectivity index (χ0v) is 14.5. The maximum absolute atomic E-state index is 11.9. The first-order valence-corrected chi connectivity index (χ1v) is 8.46. The summed E-state index contributed by atoms with van der Waals surface area (Å²) in [7, 11) is 0. The van der Waals surface area contributed by atoms with Gasteiger partial charge in [-0.15, -0.1) is 11.3 Å². The quantitative estimate of drug-likeness (QED) is 0.760. The third-order valence-electron chi connectivity index (χ3n) is 3.29. The molecule has 1 amide bonds. The van der Waals surface area contributed by atoms with Crippen LogP contribution in [0.2, 0.25) is 0 Å².